The molecule has 0 unspecified atom stereocenters. The third-order valence-electron chi connectivity index (χ3n) is 4.80. The van der Waals surface area contributed by atoms with Crippen molar-refractivity contribution < 1.29 is 23.6 Å². The molecular formula is C20H24N4O5. The van der Waals surface area contributed by atoms with E-state index in [-0.39, 0.29) is 25.0 Å². The van der Waals surface area contributed by atoms with E-state index in [4.69, 9.17) is 9.26 Å². The summed E-state index contributed by atoms with van der Waals surface area (Å²) in [5.74, 6) is -0.218. The van der Waals surface area contributed by atoms with Crippen molar-refractivity contribution in [3.05, 3.63) is 47.3 Å². The molecule has 9 nitrogen and oxygen atoms in total. The molecule has 0 atom stereocenters. The quantitative estimate of drug-likeness (QED) is 0.767. The van der Waals surface area contributed by atoms with Gasteiger partial charge >= 0.3 is 12.0 Å². The molecule has 1 saturated heterocycles. The number of amides is 3. The Morgan fingerprint density at radius 1 is 1.07 bits per heavy atom. The molecule has 154 valence electrons. The summed E-state index contributed by atoms with van der Waals surface area (Å²) in [4.78, 5) is 39.8. The number of aromatic nitrogens is 1. The molecule has 1 fully saturated rings. The number of urea groups is 1. The fourth-order valence-corrected chi connectivity index (χ4v) is 3.07. The van der Waals surface area contributed by atoms with Crippen molar-refractivity contribution in [1.29, 1.82) is 0 Å². The first-order chi connectivity index (χ1) is 13.9. The van der Waals surface area contributed by atoms with Crippen LogP contribution in [0.3, 0.4) is 0 Å². The van der Waals surface area contributed by atoms with Crippen LogP contribution in [-0.2, 0) is 20.7 Å². The van der Waals surface area contributed by atoms with Crippen molar-refractivity contribution in [1.82, 2.24) is 15.0 Å². The van der Waals surface area contributed by atoms with Crippen LogP contribution in [0.4, 0.5) is 10.5 Å². The number of hydrogen-bond acceptors (Lipinski definition) is 6. The number of rotatable bonds is 5. The number of esters is 1. The zero-order valence-electron chi connectivity index (χ0n) is 16.5. The number of carbonyl (C=O) groups is 3. The van der Waals surface area contributed by atoms with Gasteiger partial charge in [-0.25, -0.2) is 4.79 Å². The van der Waals surface area contributed by atoms with Crippen LogP contribution in [0.1, 0.15) is 17.0 Å². The van der Waals surface area contributed by atoms with Gasteiger partial charge < -0.3 is 24.4 Å². The Labute approximate surface area is 168 Å². The molecule has 1 aliphatic rings. The van der Waals surface area contributed by atoms with E-state index in [1.165, 1.54) is 0 Å². The minimum Gasteiger partial charge on any atom is -0.455 e. The van der Waals surface area contributed by atoms with Gasteiger partial charge in [0.1, 0.15) is 5.76 Å². The first-order valence-corrected chi connectivity index (χ1v) is 9.40. The normalized spacial score (nSPS) is 13.9. The summed E-state index contributed by atoms with van der Waals surface area (Å²) >= 11 is 0. The topological polar surface area (TPSA) is 105 Å². The van der Waals surface area contributed by atoms with Crippen LogP contribution >= 0.6 is 0 Å². The van der Waals surface area contributed by atoms with Crippen molar-refractivity contribution in [2.45, 2.75) is 20.3 Å². The van der Waals surface area contributed by atoms with E-state index in [1.807, 2.05) is 30.3 Å². The number of ether oxygens (including phenoxy) is 1. The Morgan fingerprint density at radius 3 is 2.34 bits per heavy atom. The third kappa shape index (κ3) is 5.34. The number of hydrogen-bond donors (Lipinski definition) is 1. The van der Waals surface area contributed by atoms with Crippen LogP contribution in [0.15, 0.2) is 34.9 Å². The van der Waals surface area contributed by atoms with E-state index in [0.29, 0.717) is 43.2 Å². The average molecular weight is 400 g/mol. The summed E-state index contributed by atoms with van der Waals surface area (Å²) in [6.45, 7) is 4.76. The first kappa shape index (κ1) is 20.4. The van der Waals surface area contributed by atoms with E-state index >= 15 is 0 Å². The predicted molar refractivity (Wildman–Crippen MR) is 104 cm³/mol. The summed E-state index contributed by atoms with van der Waals surface area (Å²) in [6.07, 6.45) is 0.0158. The molecule has 1 aliphatic heterocycles. The fraction of sp³-hybridized carbons (Fsp3) is 0.400. The lowest BCUT2D eigenvalue weighted by atomic mass is 10.1. The smallest absolute Gasteiger partial charge is 0.321 e. The molecule has 0 saturated carbocycles. The number of nitrogens with zero attached hydrogens (tertiary/aromatic N) is 3. The second kappa shape index (κ2) is 9.22. The number of para-hydroxylation sites is 1. The first-order valence-electron chi connectivity index (χ1n) is 9.40. The Hall–Kier alpha value is -3.36. The predicted octanol–water partition coefficient (Wildman–Crippen LogP) is 1.75. The number of carbonyl (C=O) groups excluding carboxylic acids is 3. The maximum atomic E-state index is 12.3. The van der Waals surface area contributed by atoms with Crippen molar-refractivity contribution in [2.75, 3.05) is 38.1 Å². The van der Waals surface area contributed by atoms with Crippen LogP contribution in [0.25, 0.3) is 0 Å². The Morgan fingerprint density at radius 2 is 1.72 bits per heavy atom. The van der Waals surface area contributed by atoms with E-state index in [1.54, 1.807) is 23.6 Å². The molecular weight excluding hydrogens is 376 g/mol. The zero-order chi connectivity index (χ0) is 20.8. The lowest BCUT2D eigenvalue weighted by Gasteiger charge is -2.34. The summed E-state index contributed by atoms with van der Waals surface area (Å²) in [6, 6.07) is 9.00. The van der Waals surface area contributed by atoms with Gasteiger partial charge in [0, 0.05) is 37.4 Å². The van der Waals surface area contributed by atoms with Gasteiger partial charge in [-0.3, -0.25) is 9.59 Å². The molecule has 3 rings (SSSR count). The molecule has 2 aromatic rings. The van der Waals surface area contributed by atoms with Gasteiger partial charge in [-0.1, -0.05) is 23.4 Å². The van der Waals surface area contributed by atoms with E-state index < -0.39 is 5.97 Å². The highest BCUT2D eigenvalue weighted by molar-refractivity contribution is 5.89. The lowest BCUT2D eigenvalue weighted by Crippen LogP contribution is -2.52. The molecule has 0 bridgehead atoms. The van der Waals surface area contributed by atoms with Gasteiger partial charge in [-0.2, -0.15) is 0 Å². The largest absolute Gasteiger partial charge is 0.455 e. The lowest BCUT2D eigenvalue weighted by molar-refractivity contribution is -0.152. The SMILES string of the molecule is Cc1noc(C)c1CC(=O)OCC(=O)N1CCN(C(=O)Nc2ccccc2)CC1. The van der Waals surface area contributed by atoms with Crippen LogP contribution < -0.4 is 5.32 Å². The van der Waals surface area contributed by atoms with E-state index in [0.717, 1.165) is 5.69 Å². The molecule has 9 heteroatoms. The third-order valence-corrected chi connectivity index (χ3v) is 4.80. The summed E-state index contributed by atoms with van der Waals surface area (Å²) in [5, 5.41) is 6.62. The molecule has 0 radical (unpaired) electrons. The van der Waals surface area contributed by atoms with Crippen LogP contribution in [0.2, 0.25) is 0 Å². The number of aryl methyl sites for hydroxylation is 2. The van der Waals surface area contributed by atoms with Gasteiger partial charge in [0.2, 0.25) is 0 Å². The Kier molecular flexibility index (Phi) is 6.48. The summed E-state index contributed by atoms with van der Waals surface area (Å²) in [7, 11) is 0. The van der Waals surface area contributed by atoms with Gasteiger partial charge in [0.15, 0.2) is 6.61 Å². The maximum absolute atomic E-state index is 12.3. The molecule has 3 amide bonds. The minimum atomic E-state index is -0.506. The Bertz CT molecular complexity index is 853. The summed E-state index contributed by atoms with van der Waals surface area (Å²) in [5.41, 5.74) is 2.04. The van der Waals surface area contributed by atoms with Gasteiger partial charge in [-0.05, 0) is 26.0 Å². The van der Waals surface area contributed by atoms with Crippen molar-refractivity contribution in [2.24, 2.45) is 0 Å². The fourth-order valence-electron chi connectivity index (χ4n) is 3.07. The van der Waals surface area contributed by atoms with Crippen LogP contribution in [-0.4, -0.2) is 65.6 Å². The van der Waals surface area contributed by atoms with Crippen LogP contribution in [0, 0.1) is 13.8 Å². The number of anilines is 1. The molecule has 29 heavy (non-hydrogen) atoms. The molecule has 1 aromatic heterocycles. The highest BCUT2D eigenvalue weighted by Gasteiger charge is 2.25. The zero-order valence-corrected chi connectivity index (χ0v) is 16.5. The number of benzene rings is 1. The Balaban J connectivity index is 1.40. The van der Waals surface area contributed by atoms with Crippen molar-refractivity contribution in [3.63, 3.8) is 0 Å². The molecule has 0 aliphatic carbocycles. The van der Waals surface area contributed by atoms with Crippen LogP contribution in [0.5, 0.6) is 0 Å². The second-order valence-electron chi connectivity index (χ2n) is 6.80. The highest BCUT2D eigenvalue weighted by atomic mass is 16.5. The minimum absolute atomic E-state index is 0.0158. The number of nitrogens with one attached hydrogen (secondary N) is 1. The molecule has 1 N–H and O–H groups in total. The van der Waals surface area contributed by atoms with Crippen molar-refractivity contribution in [3.8, 4) is 0 Å². The van der Waals surface area contributed by atoms with E-state index in [2.05, 4.69) is 10.5 Å². The average Bonchev–Trinajstić information content (AvgIpc) is 3.05. The van der Waals surface area contributed by atoms with Gasteiger partial charge in [0.05, 0.1) is 12.1 Å². The standard InChI is InChI=1S/C20H24N4O5/c1-14-17(15(2)29-22-14)12-19(26)28-13-18(25)23-8-10-24(11-9-23)20(27)21-16-6-4-3-5-7-16/h3-7H,8-13H2,1-2H3,(H,21,27). The number of piperazine rings is 1. The van der Waals surface area contributed by atoms with Crippen molar-refractivity contribution >= 4 is 23.6 Å². The maximum Gasteiger partial charge on any atom is 0.321 e. The van der Waals surface area contributed by atoms with Gasteiger partial charge in [-0.15, -0.1) is 0 Å². The van der Waals surface area contributed by atoms with Gasteiger partial charge in [0.25, 0.3) is 5.91 Å². The molecule has 2 heterocycles. The molecule has 1 aromatic carbocycles. The molecule has 0 spiro atoms. The highest BCUT2D eigenvalue weighted by Crippen LogP contribution is 2.13. The second-order valence-corrected chi connectivity index (χ2v) is 6.80. The monoisotopic (exact) mass is 400 g/mol. The van der Waals surface area contributed by atoms with E-state index in [9.17, 15) is 14.4 Å². The summed E-state index contributed by atoms with van der Waals surface area (Å²) < 4.78 is 10.1.